The van der Waals surface area contributed by atoms with E-state index in [1.165, 1.54) is 20.1 Å². The molecule has 5 heteroatoms. The van der Waals surface area contributed by atoms with Crippen LogP contribution in [0.15, 0.2) is 36.4 Å². The molecule has 0 N–H and O–H groups in total. The van der Waals surface area contributed by atoms with Crippen molar-refractivity contribution in [2.24, 2.45) is 0 Å². The molecule has 0 heterocycles. The third-order valence-corrected chi connectivity index (χ3v) is 3.34. The molecule has 0 atom stereocenters. The smallest absolute Gasteiger partial charge is 0.343 e. The van der Waals surface area contributed by atoms with Gasteiger partial charge in [0.1, 0.15) is 11.5 Å². The van der Waals surface area contributed by atoms with Crippen molar-refractivity contribution in [1.29, 1.82) is 0 Å². The molecule has 2 aromatic rings. The fourth-order valence-corrected chi connectivity index (χ4v) is 2.30. The first-order chi connectivity index (χ1) is 10.4. The molecule has 22 heavy (non-hydrogen) atoms. The number of hydrogen-bond donors (Lipinski definition) is 0. The molecular weight excluding hydrogens is 304 g/mol. The van der Waals surface area contributed by atoms with E-state index in [1.807, 2.05) is 0 Å². The lowest BCUT2D eigenvalue weighted by atomic mass is 10.1. The number of rotatable bonds is 4. The van der Waals surface area contributed by atoms with Gasteiger partial charge in [-0.05, 0) is 49.7 Å². The Bertz CT molecular complexity index is 737. The molecule has 0 amide bonds. The van der Waals surface area contributed by atoms with Crippen LogP contribution in [0.1, 0.15) is 33.2 Å². The Morgan fingerprint density at radius 2 is 1.86 bits per heavy atom. The van der Waals surface area contributed by atoms with E-state index in [4.69, 9.17) is 21.1 Å². The summed E-state index contributed by atoms with van der Waals surface area (Å²) in [4.78, 5) is 24.0. The number of esters is 1. The van der Waals surface area contributed by atoms with Crippen molar-refractivity contribution in [2.75, 3.05) is 7.11 Å². The number of carbonyl (C=O) groups excluding carboxylic acids is 2. The number of halogens is 1. The fraction of sp³-hybridized carbons (Fsp3) is 0.176. The molecular formula is C17H15ClO4. The SMILES string of the molecule is COc1cccc(C(=O)Oc2c(C)cc(Cl)cc2C(C)=O)c1. The second-order valence-electron chi connectivity index (χ2n) is 4.78. The van der Waals surface area contributed by atoms with Gasteiger partial charge in [-0.2, -0.15) is 0 Å². The first kappa shape index (κ1) is 16.0. The summed E-state index contributed by atoms with van der Waals surface area (Å²) >= 11 is 5.95. The summed E-state index contributed by atoms with van der Waals surface area (Å²) in [6.07, 6.45) is 0. The number of methoxy groups -OCH3 is 1. The van der Waals surface area contributed by atoms with E-state index in [-0.39, 0.29) is 17.1 Å². The van der Waals surface area contributed by atoms with Gasteiger partial charge < -0.3 is 9.47 Å². The van der Waals surface area contributed by atoms with Gasteiger partial charge in [0.15, 0.2) is 5.78 Å². The maximum Gasteiger partial charge on any atom is 0.343 e. The predicted octanol–water partition coefficient (Wildman–Crippen LogP) is 4.08. The van der Waals surface area contributed by atoms with Crippen LogP contribution in [-0.2, 0) is 0 Å². The van der Waals surface area contributed by atoms with Crippen LogP contribution in [0.5, 0.6) is 11.5 Å². The van der Waals surface area contributed by atoms with E-state index < -0.39 is 5.97 Å². The number of aryl methyl sites for hydroxylation is 1. The minimum absolute atomic E-state index is 0.223. The third-order valence-electron chi connectivity index (χ3n) is 3.12. The van der Waals surface area contributed by atoms with Gasteiger partial charge in [0.05, 0.1) is 18.2 Å². The molecule has 0 aliphatic rings. The van der Waals surface area contributed by atoms with Crippen molar-refractivity contribution in [1.82, 2.24) is 0 Å². The number of hydrogen-bond acceptors (Lipinski definition) is 4. The van der Waals surface area contributed by atoms with Gasteiger partial charge >= 0.3 is 5.97 Å². The van der Waals surface area contributed by atoms with Crippen molar-refractivity contribution in [3.8, 4) is 11.5 Å². The zero-order chi connectivity index (χ0) is 16.3. The molecule has 0 bridgehead atoms. The highest BCUT2D eigenvalue weighted by Gasteiger charge is 2.18. The quantitative estimate of drug-likeness (QED) is 0.484. The summed E-state index contributed by atoms with van der Waals surface area (Å²) in [5.74, 6) is -0.00958. The monoisotopic (exact) mass is 318 g/mol. The predicted molar refractivity (Wildman–Crippen MR) is 84.1 cm³/mol. The molecule has 2 aromatic carbocycles. The largest absolute Gasteiger partial charge is 0.497 e. The Morgan fingerprint density at radius 1 is 1.14 bits per heavy atom. The topological polar surface area (TPSA) is 52.6 Å². The van der Waals surface area contributed by atoms with Crippen LogP contribution in [0.4, 0.5) is 0 Å². The molecule has 0 saturated carbocycles. The Hall–Kier alpha value is -2.33. The van der Waals surface area contributed by atoms with Gasteiger partial charge in [-0.25, -0.2) is 4.79 Å². The van der Waals surface area contributed by atoms with Gasteiger partial charge in [0.25, 0.3) is 0 Å². The van der Waals surface area contributed by atoms with Gasteiger partial charge in [0.2, 0.25) is 0 Å². The van der Waals surface area contributed by atoms with Crippen molar-refractivity contribution in [2.45, 2.75) is 13.8 Å². The van der Waals surface area contributed by atoms with Crippen LogP contribution in [0.3, 0.4) is 0 Å². The highest BCUT2D eigenvalue weighted by Crippen LogP contribution is 2.29. The zero-order valence-electron chi connectivity index (χ0n) is 12.5. The molecule has 0 fully saturated rings. The maximum atomic E-state index is 12.3. The highest BCUT2D eigenvalue weighted by atomic mass is 35.5. The van der Waals surface area contributed by atoms with E-state index >= 15 is 0 Å². The Balaban J connectivity index is 2.37. The van der Waals surface area contributed by atoms with Crippen molar-refractivity contribution < 1.29 is 19.1 Å². The van der Waals surface area contributed by atoms with Crippen molar-refractivity contribution in [3.05, 3.63) is 58.1 Å². The standard InChI is InChI=1S/C17H15ClO4/c1-10-7-13(18)9-15(11(2)19)16(10)22-17(20)12-5-4-6-14(8-12)21-3/h4-9H,1-3H3. The summed E-state index contributed by atoms with van der Waals surface area (Å²) in [5, 5.41) is 0.420. The molecule has 0 unspecified atom stereocenters. The van der Waals surface area contributed by atoms with E-state index in [0.717, 1.165) is 0 Å². The normalized spacial score (nSPS) is 10.2. The summed E-state index contributed by atoms with van der Waals surface area (Å²) < 4.78 is 10.5. The number of Topliss-reactive ketones (excluding diaryl/α,β-unsaturated/α-hetero) is 1. The van der Waals surface area contributed by atoms with E-state index in [9.17, 15) is 9.59 Å². The van der Waals surface area contributed by atoms with E-state index in [2.05, 4.69) is 0 Å². The number of benzene rings is 2. The molecule has 4 nitrogen and oxygen atoms in total. The number of ether oxygens (including phenoxy) is 2. The van der Waals surface area contributed by atoms with Crippen molar-refractivity contribution >= 4 is 23.4 Å². The Labute approximate surface area is 133 Å². The minimum Gasteiger partial charge on any atom is -0.497 e. The van der Waals surface area contributed by atoms with Gasteiger partial charge in [-0.3, -0.25) is 4.79 Å². The average Bonchev–Trinajstić information content (AvgIpc) is 2.49. The molecule has 114 valence electrons. The summed E-state index contributed by atoms with van der Waals surface area (Å²) in [6, 6.07) is 9.74. The van der Waals surface area contributed by atoms with Crippen LogP contribution >= 0.6 is 11.6 Å². The fourth-order valence-electron chi connectivity index (χ4n) is 2.03. The van der Waals surface area contributed by atoms with E-state index in [0.29, 0.717) is 21.9 Å². The lowest BCUT2D eigenvalue weighted by molar-refractivity contribution is 0.0731. The third kappa shape index (κ3) is 3.46. The zero-order valence-corrected chi connectivity index (χ0v) is 13.2. The van der Waals surface area contributed by atoms with Crippen LogP contribution in [0.25, 0.3) is 0 Å². The molecule has 0 spiro atoms. The molecule has 0 saturated heterocycles. The van der Waals surface area contributed by atoms with Crippen LogP contribution in [0.2, 0.25) is 5.02 Å². The maximum absolute atomic E-state index is 12.3. The van der Waals surface area contributed by atoms with E-state index in [1.54, 1.807) is 37.3 Å². The molecule has 0 aromatic heterocycles. The van der Waals surface area contributed by atoms with Gasteiger partial charge in [-0.1, -0.05) is 17.7 Å². The Kier molecular flexibility index (Phi) is 4.83. The number of ketones is 1. The highest BCUT2D eigenvalue weighted by molar-refractivity contribution is 6.31. The molecule has 0 aliphatic carbocycles. The molecule has 0 radical (unpaired) electrons. The second-order valence-corrected chi connectivity index (χ2v) is 5.21. The average molecular weight is 319 g/mol. The van der Waals surface area contributed by atoms with Crippen LogP contribution in [-0.4, -0.2) is 18.9 Å². The lowest BCUT2D eigenvalue weighted by Gasteiger charge is -2.12. The Morgan fingerprint density at radius 3 is 2.50 bits per heavy atom. The molecule has 2 rings (SSSR count). The minimum atomic E-state index is -0.563. The first-order valence-corrected chi connectivity index (χ1v) is 6.97. The van der Waals surface area contributed by atoms with Crippen molar-refractivity contribution in [3.63, 3.8) is 0 Å². The molecule has 0 aliphatic heterocycles. The first-order valence-electron chi connectivity index (χ1n) is 6.59. The van der Waals surface area contributed by atoms with Gasteiger partial charge in [-0.15, -0.1) is 0 Å². The summed E-state index contributed by atoms with van der Waals surface area (Å²) in [6.45, 7) is 3.13. The van der Waals surface area contributed by atoms with Crippen LogP contribution < -0.4 is 9.47 Å². The summed E-state index contributed by atoms with van der Waals surface area (Å²) in [7, 11) is 1.52. The summed E-state index contributed by atoms with van der Waals surface area (Å²) in [5.41, 5.74) is 1.23. The van der Waals surface area contributed by atoms with Gasteiger partial charge in [0, 0.05) is 5.02 Å². The lowest BCUT2D eigenvalue weighted by Crippen LogP contribution is -2.12. The number of carbonyl (C=O) groups is 2. The van der Waals surface area contributed by atoms with Crippen LogP contribution in [0, 0.1) is 6.92 Å². The second kappa shape index (κ2) is 6.62.